The molecule has 2 rings (SSSR count). The number of primary amides is 1. The number of urea groups is 1. The fraction of sp³-hybridized carbons (Fsp3) is 0.417. The maximum atomic E-state index is 10.8. The fourth-order valence-electron chi connectivity index (χ4n) is 2.04. The number of carbonyl (C=O) groups excluding carboxylic acids is 1. The van der Waals surface area contributed by atoms with Crippen molar-refractivity contribution in [2.45, 2.75) is 18.9 Å². The molecule has 1 heterocycles. The van der Waals surface area contributed by atoms with Gasteiger partial charge in [-0.15, -0.1) is 0 Å². The van der Waals surface area contributed by atoms with Crippen molar-refractivity contribution < 1.29 is 4.79 Å². The fourth-order valence-corrected chi connectivity index (χ4v) is 2.04. The van der Waals surface area contributed by atoms with Gasteiger partial charge in [-0.25, -0.2) is 4.79 Å². The van der Waals surface area contributed by atoms with Gasteiger partial charge in [0.15, 0.2) is 0 Å². The maximum absolute atomic E-state index is 10.8. The number of carbonyl (C=O) groups is 1. The number of nitrogens with one attached hydrogen (secondary N) is 3. The first-order chi connectivity index (χ1) is 8.24. The summed E-state index contributed by atoms with van der Waals surface area (Å²) in [6, 6.07) is 7.49. The van der Waals surface area contributed by atoms with Crippen LogP contribution in [0.1, 0.15) is 12.8 Å². The van der Waals surface area contributed by atoms with Crippen molar-refractivity contribution in [2.24, 2.45) is 5.73 Å². The van der Waals surface area contributed by atoms with Crippen molar-refractivity contribution in [3.8, 4) is 0 Å². The molecule has 1 atom stereocenters. The lowest BCUT2D eigenvalue weighted by Gasteiger charge is -2.25. The lowest BCUT2D eigenvalue weighted by Crippen LogP contribution is -2.38. The highest BCUT2D eigenvalue weighted by Gasteiger charge is 2.12. The third-order valence-corrected chi connectivity index (χ3v) is 2.80. The largest absolute Gasteiger partial charge is 0.381 e. The number of piperidine rings is 1. The van der Waals surface area contributed by atoms with Crippen LogP contribution in [0, 0.1) is 0 Å². The predicted octanol–water partition coefficient (Wildman–Crippen LogP) is 1.34. The third-order valence-electron chi connectivity index (χ3n) is 2.80. The first-order valence-corrected chi connectivity index (χ1v) is 5.88. The van der Waals surface area contributed by atoms with E-state index in [1.54, 1.807) is 0 Å². The monoisotopic (exact) mass is 234 g/mol. The predicted molar refractivity (Wildman–Crippen MR) is 69.2 cm³/mol. The van der Waals surface area contributed by atoms with E-state index in [9.17, 15) is 4.79 Å². The highest BCUT2D eigenvalue weighted by molar-refractivity contribution is 5.88. The van der Waals surface area contributed by atoms with Gasteiger partial charge in [0.1, 0.15) is 0 Å². The van der Waals surface area contributed by atoms with Gasteiger partial charge in [-0.2, -0.15) is 0 Å². The number of anilines is 2. The van der Waals surface area contributed by atoms with Crippen molar-refractivity contribution in [2.75, 3.05) is 23.7 Å². The summed E-state index contributed by atoms with van der Waals surface area (Å²) in [6.45, 7) is 2.08. The Bertz CT molecular complexity index is 388. The van der Waals surface area contributed by atoms with Crippen LogP contribution in [0.4, 0.5) is 16.2 Å². The van der Waals surface area contributed by atoms with Gasteiger partial charge in [0, 0.05) is 24.0 Å². The first-order valence-electron chi connectivity index (χ1n) is 5.88. The van der Waals surface area contributed by atoms with E-state index in [2.05, 4.69) is 16.0 Å². The van der Waals surface area contributed by atoms with Crippen molar-refractivity contribution in [3.63, 3.8) is 0 Å². The van der Waals surface area contributed by atoms with Crippen LogP contribution in [0.25, 0.3) is 0 Å². The molecular formula is C12H18N4O. The van der Waals surface area contributed by atoms with E-state index in [-0.39, 0.29) is 0 Å². The molecule has 1 aromatic rings. The molecule has 1 fully saturated rings. The van der Waals surface area contributed by atoms with Gasteiger partial charge in [0.2, 0.25) is 0 Å². The first kappa shape index (κ1) is 11.7. The van der Waals surface area contributed by atoms with E-state index in [0.717, 1.165) is 18.8 Å². The van der Waals surface area contributed by atoms with E-state index in [1.165, 1.54) is 12.8 Å². The second-order valence-corrected chi connectivity index (χ2v) is 4.26. The molecule has 17 heavy (non-hydrogen) atoms. The van der Waals surface area contributed by atoms with Gasteiger partial charge in [-0.3, -0.25) is 0 Å². The molecule has 92 valence electrons. The Morgan fingerprint density at radius 2 is 2.24 bits per heavy atom. The van der Waals surface area contributed by atoms with E-state index in [4.69, 9.17) is 5.73 Å². The second-order valence-electron chi connectivity index (χ2n) is 4.26. The number of amides is 2. The molecule has 5 heteroatoms. The Balaban J connectivity index is 1.97. The number of rotatable bonds is 3. The quantitative estimate of drug-likeness (QED) is 0.637. The van der Waals surface area contributed by atoms with Crippen molar-refractivity contribution in [1.29, 1.82) is 0 Å². The Labute approximate surface area is 101 Å². The smallest absolute Gasteiger partial charge is 0.316 e. The number of benzene rings is 1. The average Bonchev–Trinajstić information content (AvgIpc) is 2.30. The lowest BCUT2D eigenvalue weighted by atomic mass is 10.1. The van der Waals surface area contributed by atoms with E-state index < -0.39 is 6.03 Å². The van der Waals surface area contributed by atoms with Crippen LogP contribution in [0.3, 0.4) is 0 Å². The van der Waals surface area contributed by atoms with Crippen LogP contribution < -0.4 is 21.7 Å². The van der Waals surface area contributed by atoms with E-state index >= 15 is 0 Å². The van der Waals surface area contributed by atoms with E-state index in [0.29, 0.717) is 11.7 Å². The Morgan fingerprint density at radius 3 is 2.94 bits per heavy atom. The third kappa shape index (κ3) is 3.64. The van der Waals surface area contributed by atoms with Crippen molar-refractivity contribution in [3.05, 3.63) is 24.3 Å². The standard InChI is InChI=1S/C12H18N4O/c13-12(17)16-10-4-1-3-9(7-10)15-11-5-2-6-14-8-11/h1,3-4,7,11,14-15H,2,5-6,8H2,(H3,13,16,17). The molecule has 0 spiro atoms. The minimum atomic E-state index is -0.540. The summed E-state index contributed by atoms with van der Waals surface area (Å²) in [5.41, 5.74) is 6.80. The maximum Gasteiger partial charge on any atom is 0.316 e. The topological polar surface area (TPSA) is 79.2 Å². The van der Waals surface area contributed by atoms with Gasteiger partial charge >= 0.3 is 6.03 Å². The highest BCUT2D eigenvalue weighted by atomic mass is 16.2. The molecule has 0 aliphatic carbocycles. The summed E-state index contributed by atoms with van der Waals surface area (Å²) in [6.07, 6.45) is 2.36. The molecule has 2 amide bonds. The Hall–Kier alpha value is -1.75. The normalized spacial score (nSPS) is 19.6. The molecule has 1 aromatic carbocycles. The molecule has 0 radical (unpaired) electrons. The number of nitrogens with two attached hydrogens (primary N) is 1. The molecule has 1 aliphatic rings. The molecule has 1 saturated heterocycles. The highest BCUT2D eigenvalue weighted by Crippen LogP contribution is 2.17. The molecule has 0 aromatic heterocycles. The summed E-state index contributed by atoms with van der Waals surface area (Å²) < 4.78 is 0. The zero-order chi connectivity index (χ0) is 12.1. The second kappa shape index (κ2) is 5.54. The van der Waals surface area contributed by atoms with Gasteiger partial charge in [0.05, 0.1) is 0 Å². The molecular weight excluding hydrogens is 216 g/mol. The van der Waals surface area contributed by atoms with Crippen LogP contribution >= 0.6 is 0 Å². The number of hydrogen-bond donors (Lipinski definition) is 4. The molecule has 0 saturated carbocycles. The van der Waals surface area contributed by atoms with Crippen LogP contribution in [0.15, 0.2) is 24.3 Å². The van der Waals surface area contributed by atoms with Gasteiger partial charge in [-0.1, -0.05) is 6.07 Å². The van der Waals surface area contributed by atoms with Gasteiger partial charge < -0.3 is 21.7 Å². The molecule has 1 unspecified atom stereocenters. The van der Waals surface area contributed by atoms with Crippen LogP contribution in [-0.4, -0.2) is 25.2 Å². The minimum absolute atomic E-state index is 0.451. The Kier molecular flexibility index (Phi) is 3.82. The summed E-state index contributed by atoms with van der Waals surface area (Å²) >= 11 is 0. The van der Waals surface area contributed by atoms with Crippen LogP contribution in [-0.2, 0) is 0 Å². The summed E-state index contributed by atoms with van der Waals surface area (Å²) in [5.74, 6) is 0. The zero-order valence-corrected chi connectivity index (χ0v) is 9.70. The zero-order valence-electron chi connectivity index (χ0n) is 9.70. The van der Waals surface area contributed by atoms with Crippen molar-refractivity contribution >= 4 is 17.4 Å². The van der Waals surface area contributed by atoms with Crippen LogP contribution in [0.5, 0.6) is 0 Å². The van der Waals surface area contributed by atoms with Crippen molar-refractivity contribution in [1.82, 2.24) is 5.32 Å². The summed E-state index contributed by atoms with van der Waals surface area (Å²) in [4.78, 5) is 10.8. The van der Waals surface area contributed by atoms with E-state index in [1.807, 2.05) is 24.3 Å². The Morgan fingerprint density at radius 1 is 1.41 bits per heavy atom. The summed E-state index contributed by atoms with van der Waals surface area (Å²) in [5, 5.41) is 9.36. The van der Waals surface area contributed by atoms with Crippen LogP contribution in [0.2, 0.25) is 0 Å². The molecule has 5 nitrogen and oxygen atoms in total. The molecule has 5 N–H and O–H groups in total. The molecule has 1 aliphatic heterocycles. The number of hydrogen-bond acceptors (Lipinski definition) is 3. The average molecular weight is 234 g/mol. The summed E-state index contributed by atoms with van der Waals surface area (Å²) in [7, 11) is 0. The minimum Gasteiger partial charge on any atom is -0.381 e. The SMILES string of the molecule is NC(=O)Nc1cccc(NC2CCCNC2)c1. The van der Waals surface area contributed by atoms with Gasteiger partial charge in [-0.05, 0) is 37.6 Å². The van der Waals surface area contributed by atoms with Gasteiger partial charge in [0.25, 0.3) is 0 Å². The molecule has 0 bridgehead atoms. The lowest BCUT2D eigenvalue weighted by molar-refractivity contribution is 0.259.